The minimum atomic E-state index is -0.783. The second-order valence-corrected chi connectivity index (χ2v) is 13.2. The average Bonchev–Trinajstić information content (AvgIpc) is 3.25. The predicted molar refractivity (Wildman–Crippen MR) is 220 cm³/mol. The first kappa shape index (κ1) is 40.5. The summed E-state index contributed by atoms with van der Waals surface area (Å²) in [4.78, 5) is 54.4. The van der Waals surface area contributed by atoms with Crippen LogP contribution in [0.3, 0.4) is 0 Å². The first-order valence-electron chi connectivity index (χ1n) is 18.2. The molecule has 6 aromatic rings. The Balaban J connectivity index is 1.17. The Morgan fingerprint density at radius 1 is 0.621 bits per heavy atom. The van der Waals surface area contributed by atoms with E-state index in [1.54, 1.807) is 64.8 Å². The lowest BCUT2D eigenvalue weighted by atomic mass is 10.1. The molecule has 0 aliphatic rings. The molecule has 0 fully saturated rings. The van der Waals surface area contributed by atoms with Crippen LogP contribution in [-0.2, 0) is 24.2 Å². The van der Waals surface area contributed by atoms with Gasteiger partial charge in [-0.05, 0) is 89.8 Å². The number of ether oxygens (including phenoxy) is 5. The third-order valence-corrected chi connectivity index (χ3v) is 9.43. The Morgan fingerprint density at radius 3 is 1.83 bits per heavy atom. The summed E-state index contributed by atoms with van der Waals surface area (Å²) >= 11 is 0. The first-order valence-corrected chi connectivity index (χ1v) is 18.2. The van der Waals surface area contributed by atoms with E-state index in [-0.39, 0.29) is 28.2 Å². The number of anilines is 2. The summed E-state index contributed by atoms with van der Waals surface area (Å²) in [5.41, 5.74) is 3.65. The van der Waals surface area contributed by atoms with Crippen molar-refractivity contribution in [1.29, 1.82) is 0 Å². The van der Waals surface area contributed by atoms with Gasteiger partial charge in [-0.25, -0.2) is 4.79 Å². The van der Waals surface area contributed by atoms with Crippen LogP contribution in [-0.4, -0.2) is 64.8 Å². The van der Waals surface area contributed by atoms with Crippen LogP contribution < -0.4 is 35.0 Å². The molecule has 2 amide bonds. The van der Waals surface area contributed by atoms with Gasteiger partial charge in [-0.2, -0.15) is 0 Å². The third kappa shape index (κ3) is 9.63. The van der Waals surface area contributed by atoms with Gasteiger partial charge in [-0.15, -0.1) is 0 Å². The smallest absolute Gasteiger partial charge is 0.337 e. The molecular formula is C45H43N3O10. The highest BCUT2D eigenvalue weighted by Crippen LogP contribution is 2.31. The van der Waals surface area contributed by atoms with E-state index in [2.05, 4.69) is 15.5 Å². The Labute approximate surface area is 335 Å². The quantitative estimate of drug-likeness (QED) is 0.0946. The topological polar surface area (TPSA) is 155 Å². The molecule has 6 rings (SSSR count). The Hall–Kier alpha value is -7.12. The van der Waals surface area contributed by atoms with Crippen LogP contribution in [0.25, 0.3) is 11.0 Å². The van der Waals surface area contributed by atoms with Crippen LogP contribution in [0.15, 0.2) is 118 Å². The number of rotatable bonds is 16. The first-order chi connectivity index (χ1) is 28.1. The molecule has 13 nitrogen and oxygen atoms in total. The van der Waals surface area contributed by atoms with Gasteiger partial charge in [0.05, 0.1) is 57.7 Å². The van der Waals surface area contributed by atoms with Crippen LogP contribution >= 0.6 is 0 Å². The van der Waals surface area contributed by atoms with Gasteiger partial charge in [0.15, 0.2) is 34.2 Å². The molecule has 1 heterocycles. The fourth-order valence-electron chi connectivity index (χ4n) is 6.42. The molecule has 58 heavy (non-hydrogen) atoms. The van der Waals surface area contributed by atoms with Crippen LogP contribution in [0.4, 0.5) is 11.4 Å². The summed E-state index contributed by atoms with van der Waals surface area (Å²) in [7, 11) is 7.66. The van der Waals surface area contributed by atoms with Gasteiger partial charge in [-0.1, -0.05) is 36.4 Å². The number of hydrogen-bond acceptors (Lipinski definition) is 11. The van der Waals surface area contributed by atoms with Gasteiger partial charge in [0, 0.05) is 31.4 Å². The molecule has 0 aliphatic heterocycles. The molecule has 298 valence electrons. The minimum Gasteiger partial charge on any atom is -0.493 e. The summed E-state index contributed by atoms with van der Waals surface area (Å²) in [6, 6.07) is 31.0. The summed E-state index contributed by atoms with van der Waals surface area (Å²) < 4.78 is 32.5. The predicted octanol–water partition coefficient (Wildman–Crippen LogP) is 7.36. The molecule has 0 bridgehead atoms. The van der Waals surface area contributed by atoms with Crippen LogP contribution in [0, 0.1) is 0 Å². The van der Waals surface area contributed by atoms with Crippen LogP contribution in [0.2, 0.25) is 0 Å². The van der Waals surface area contributed by atoms with E-state index in [9.17, 15) is 19.2 Å². The van der Waals surface area contributed by atoms with Crippen molar-refractivity contribution in [3.8, 4) is 23.0 Å². The van der Waals surface area contributed by atoms with Crippen molar-refractivity contribution in [2.75, 3.05) is 52.7 Å². The molecule has 0 radical (unpaired) electrons. The van der Waals surface area contributed by atoms with Crippen molar-refractivity contribution < 1.29 is 42.5 Å². The SMILES string of the molecule is COC(=O)c1ccc(C(=O)Nc2ccc(CCN(Cc3ccc(OC)c(OC)c3)Cc3ccc(OC)c(OC)c3)cc2)c(NC(=O)c2cc(=O)c3ccccc3o2)c1. The summed E-state index contributed by atoms with van der Waals surface area (Å²) in [6.45, 7) is 1.95. The van der Waals surface area contributed by atoms with E-state index in [0.717, 1.165) is 22.8 Å². The fraction of sp³-hybridized carbons (Fsp3) is 0.200. The number of benzene rings is 5. The fourth-order valence-corrected chi connectivity index (χ4v) is 6.42. The largest absolute Gasteiger partial charge is 0.493 e. The molecule has 2 N–H and O–H groups in total. The number of esters is 1. The highest BCUT2D eigenvalue weighted by atomic mass is 16.5. The van der Waals surface area contributed by atoms with E-state index in [4.69, 9.17) is 28.1 Å². The van der Waals surface area contributed by atoms with E-state index < -0.39 is 23.2 Å². The zero-order chi connectivity index (χ0) is 41.2. The third-order valence-electron chi connectivity index (χ3n) is 9.43. The van der Waals surface area contributed by atoms with Gasteiger partial charge in [0.2, 0.25) is 0 Å². The summed E-state index contributed by atoms with van der Waals surface area (Å²) in [6.07, 6.45) is 0.699. The van der Waals surface area contributed by atoms with Gasteiger partial charge < -0.3 is 38.7 Å². The normalized spacial score (nSPS) is 10.9. The summed E-state index contributed by atoms with van der Waals surface area (Å²) in [5, 5.41) is 5.82. The standard InChI is InChI=1S/C45H43N3O10/c1-53-38-18-12-29(22-40(38)55-3)26-48(27-30-13-19-39(54-2)41(23-30)56-4)21-20-28-10-15-32(16-11-28)46-43(50)33-17-14-31(45(52)57-5)24-35(33)47-44(51)42-25-36(49)34-8-6-7-9-37(34)58-42/h6-19,22-25H,20-21,26-27H2,1-5H3,(H,46,50)(H,47,51). The molecule has 13 heteroatoms. The van der Waals surface area contributed by atoms with E-state index in [0.29, 0.717) is 60.1 Å². The second kappa shape index (κ2) is 18.7. The van der Waals surface area contributed by atoms with Gasteiger partial charge >= 0.3 is 5.97 Å². The molecule has 0 aliphatic carbocycles. The molecule has 0 spiro atoms. The molecular weight excluding hydrogens is 743 g/mol. The number of amides is 2. The van der Waals surface area contributed by atoms with Gasteiger partial charge in [0.1, 0.15) is 5.58 Å². The number of methoxy groups -OCH3 is 5. The highest BCUT2D eigenvalue weighted by molar-refractivity contribution is 6.13. The van der Waals surface area contributed by atoms with Crippen molar-refractivity contribution in [3.63, 3.8) is 0 Å². The van der Waals surface area contributed by atoms with Crippen molar-refractivity contribution in [2.24, 2.45) is 0 Å². The minimum absolute atomic E-state index is 0.0156. The number of para-hydroxylation sites is 1. The molecule has 0 unspecified atom stereocenters. The lowest BCUT2D eigenvalue weighted by molar-refractivity contribution is 0.0600. The molecule has 0 saturated carbocycles. The molecule has 0 saturated heterocycles. The van der Waals surface area contributed by atoms with Gasteiger partial charge in [-0.3, -0.25) is 19.3 Å². The average molecular weight is 786 g/mol. The number of nitrogens with zero attached hydrogens (tertiary/aromatic N) is 1. The van der Waals surface area contributed by atoms with Gasteiger partial charge in [0.25, 0.3) is 11.8 Å². The maximum atomic E-state index is 13.7. The Morgan fingerprint density at radius 2 is 1.22 bits per heavy atom. The van der Waals surface area contributed by atoms with Crippen molar-refractivity contribution in [1.82, 2.24) is 4.90 Å². The van der Waals surface area contributed by atoms with E-state index in [1.165, 1.54) is 25.3 Å². The van der Waals surface area contributed by atoms with Crippen molar-refractivity contribution in [2.45, 2.75) is 19.5 Å². The van der Waals surface area contributed by atoms with Crippen LogP contribution in [0.1, 0.15) is 48.0 Å². The lowest BCUT2D eigenvalue weighted by Gasteiger charge is -2.24. The molecule has 5 aromatic carbocycles. The number of hydrogen-bond donors (Lipinski definition) is 2. The maximum absolute atomic E-state index is 13.7. The number of nitrogens with one attached hydrogen (secondary N) is 2. The second-order valence-electron chi connectivity index (χ2n) is 13.2. The summed E-state index contributed by atoms with van der Waals surface area (Å²) in [5.74, 6) is 0.345. The highest BCUT2D eigenvalue weighted by Gasteiger charge is 2.20. The zero-order valence-electron chi connectivity index (χ0n) is 32.8. The zero-order valence-corrected chi connectivity index (χ0v) is 32.8. The van der Waals surface area contributed by atoms with E-state index >= 15 is 0 Å². The number of carbonyl (C=O) groups is 3. The lowest BCUT2D eigenvalue weighted by Crippen LogP contribution is -2.25. The van der Waals surface area contributed by atoms with Crippen molar-refractivity contribution in [3.05, 3.63) is 153 Å². The Bertz CT molecular complexity index is 2440. The molecule has 1 aromatic heterocycles. The Kier molecular flexibility index (Phi) is 13.1. The monoisotopic (exact) mass is 785 g/mol. The van der Waals surface area contributed by atoms with Crippen molar-refractivity contribution >= 4 is 40.1 Å². The maximum Gasteiger partial charge on any atom is 0.337 e. The number of fused-ring (bicyclic) bond motifs is 1. The van der Waals surface area contributed by atoms with Crippen LogP contribution in [0.5, 0.6) is 23.0 Å². The van der Waals surface area contributed by atoms with E-state index in [1.807, 2.05) is 48.5 Å². The molecule has 0 atom stereocenters. The number of carbonyl (C=O) groups excluding carboxylic acids is 3.